The van der Waals surface area contributed by atoms with Crippen molar-refractivity contribution in [2.45, 2.75) is 26.4 Å². The van der Waals surface area contributed by atoms with E-state index in [2.05, 4.69) is 41.5 Å². The van der Waals surface area contributed by atoms with Gasteiger partial charge in [-0.3, -0.25) is 0 Å². The highest BCUT2D eigenvalue weighted by atomic mass is 32.1. The minimum atomic E-state index is -0.446. The van der Waals surface area contributed by atoms with Crippen LogP contribution in [0, 0.1) is 11.8 Å². The molecule has 1 aliphatic rings. The second kappa shape index (κ2) is 7.65. The summed E-state index contributed by atoms with van der Waals surface area (Å²) in [5.74, 6) is 6.56. The molecule has 0 aromatic heterocycles. The molecule has 23 heavy (non-hydrogen) atoms. The molecule has 1 saturated heterocycles. The number of thiol groups is 1. The maximum absolute atomic E-state index is 12.1. The fourth-order valence-electron chi connectivity index (χ4n) is 2.37. The Morgan fingerprint density at radius 3 is 2.30 bits per heavy atom. The first kappa shape index (κ1) is 17.6. The normalized spacial score (nSPS) is 15.0. The summed E-state index contributed by atoms with van der Waals surface area (Å²) in [5.41, 5.74) is 1.71. The van der Waals surface area contributed by atoms with E-state index in [1.54, 1.807) is 4.90 Å². The van der Waals surface area contributed by atoms with Gasteiger partial charge in [-0.25, -0.2) is 4.79 Å². The Kier molecular flexibility index (Phi) is 5.84. The molecule has 1 heterocycles. The second-order valence-electron chi connectivity index (χ2n) is 6.46. The summed E-state index contributed by atoms with van der Waals surface area (Å²) in [5, 5.41) is 0. The Bertz CT molecular complexity index is 588. The van der Waals surface area contributed by atoms with Crippen molar-refractivity contribution >= 4 is 24.4 Å². The molecule has 124 valence electrons. The van der Waals surface area contributed by atoms with Gasteiger partial charge >= 0.3 is 6.09 Å². The van der Waals surface area contributed by atoms with Crippen LogP contribution in [0.15, 0.2) is 24.3 Å². The number of nitrogens with zero attached hydrogens (tertiary/aromatic N) is 2. The van der Waals surface area contributed by atoms with Crippen molar-refractivity contribution in [1.29, 1.82) is 0 Å². The molecule has 1 amide bonds. The van der Waals surface area contributed by atoms with E-state index in [0.717, 1.165) is 24.3 Å². The Morgan fingerprint density at radius 2 is 1.78 bits per heavy atom. The fraction of sp³-hybridized carbons (Fsp3) is 0.500. The molecule has 1 aromatic rings. The minimum Gasteiger partial charge on any atom is -0.444 e. The highest BCUT2D eigenvalue weighted by Gasteiger charge is 2.25. The van der Waals surface area contributed by atoms with Crippen LogP contribution in [0.25, 0.3) is 0 Å². The number of anilines is 1. The SMILES string of the molecule is CC(C)(C)OC(=O)N1CCN(c2ccc(C#CCS)cc2)CC1. The van der Waals surface area contributed by atoms with Crippen LogP contribution in [0.2, 0.25) is 0 Å². The van der Waals surface area contributed by atoms with Crippen LogP contribution in [0.3, 0.4) is 0 Å². The summed E-state index contributed by atoms with van der Waals surface area (Å²) in [4.78, 5) is 16.1. The first-order valence-corrected chi connectivity index (χ1v) is 8.45. The van der Waals surface area contributed by atoms with Crippen LogP contribution >= 0.6 is 12.6 Å². The summed E-state index contributed by atoms with van der Waals surface area (Å²) < 4.78 is 5.42. The number of hydrogen-bond acceptors (Lipinski definition) is 4. The summed E-state index contributed by atoms with van der Waals surface area (Å²) in [6.07, 6.45) is -0.227. The van der Waals surface area contributed by atoms with Gasteiger partial charge in [0.15, 0.2) is 0 Å². The summed E-state index contributed by atoms with van der Waals surface area (Å²) in [6, 6.07) is 8.19. The lowest BCUT2D eigenvalue weighted by atomic mass is 10.2. The van der Waals surface area contributed by atoms with E-state index in [0.29, 0.717) is 18.8 Å². The van der Waals surface area contributed by atoms with E-state index < -0.39 is 5.60 Å². The van der Waals surface area contributed by atoms with Gasteiger partial charge in [-0.2, -0.15) is 12.6 Å². The Morgan fingerprint density at radius 1 is 1.17 bits per heavy atom. The van der Waals surface area contributed by atoms with Gasteiger partial charge in [0, 0.05) is 37.4 Å². The molecule has 0 N–H and O–H groups in total. The smallest absolute Gasteiger partial charge is 0.410 e. The summed E-state index contributed by atoms with van der Waals surface area (Å²) in [7, 11) is 0. The highest BCUT2D eigenvalue weighted by Crippen LogP contribution is 2.18. The van der Waals surface area contributed by atoms with Gasteiger partial charge in [-0.15, -0.1) is 0 Å². The lowest BCUT2D eigenvalue weighted by Crippen LogP contribution is -2.50. The molecule has 0 spiro atoms. The van der Waals surface area contributed by atoms with Gasteiger partial charge in [0.05, 0.1) is 5.75 Å². The van der Waals surface area contributed by atoms with Crippen molar-refractivity contribution in [2.75, 3.05) is 36.8 Å². The fourth-order valence-corrected chi connectivity index (χ4v) is 2.45. The molecule has 1 aliphatic heterocycles. The van der Waals surface area contributed by atoms with Crippen molar-refractivity contribution in [1.82, 2.24) is 4.90 Å². The molecular weight excluding hydrogens is 308 g/mol. The zero-order valence-corrected chi connectivity index (χ0v) is 14.9. The summed E-state index contributed by atoms with van der Waals surface area (Å²) in [6.45, 7) is 8.63. The van der Waals surface area contributed by atoms with Crippen molar-refractivity contribution in [3.8, 4) is 11.8 Å². The molecule has 0 atom stereocenters. The number of carbonyl (C=O) groups is 1. The number of ether oxygens (including phenoxy) is 1. The monoisotopic (exact) mass is 332 g/mol. The average Bonchev–Trinajstić information content (AvgIpc) is 2.52. The van der Waals surface area contributed by atoms with Gasteiger partial charge in [0.1, 0.15) is 5.60 Å². The van der Waals surface area contributed by atoms with Crippen LogP contribution in [-0.2, 0) is 4.74 Å². The first-order chi connectivity index (χ1) is 10.9. The van der Waals surface area contributed by atoms with E-state index in [9.17, 15) is 4.79 Å². The maximum Gasteiger partial charge on any atom is 0.410 e. The summed E-state index contributed by atoms with van der Waals surface area (Å²) >= 11 is 4.08. The first-order valence-electron chi connectivity index (χ1n) is 7.82. The minimum absolute atomic E-state index is 0.227. The molecule has 4 nitrogen and oxygen atoms in total. The lowest BCUT2D eigenvalue weighted by molar-refractivity contribution is 0.0240. The van der Waals surface area contributed by atoms with E-state index in [1.165, 1.54) is 0 Å². The van der Waals surface area contributed by atoms with Gasteiger partial charge in [0.2, 0.25) is 0 Å². The molecule has 0 saturated carbocycles. The van der Waals surface area contributed by atoms with Gasteiger partial charge in [0.25, 0.3) is 0 Å². The zero-order chi connectivity index (χ0) is 16.9. The van der Waals surface area contributed by atoms with E-state index in [-0.39, 0.29) is 6.09 Å². The predicted octanol–water partition coefficient (Wildman–Crippen LogP) is 3.03. The van der Waals surface area contributed by atoms with Crippen LogP contribution in [0.1, 0.15) is 26.3 Å². The quantitative estimate of drug-likeness (QED) is 0.634. The zero-order valence-electron chi connectivity index (χ0n) is 14.0. The van der Waals surface area contributed by atoms with Gasteiger partial charge < -0.3 is 14.5 Å². The average molecular weight is 332 g/mol. The van der Waals surface area contributed by atoms with E-state index >= 15 is 0 Å². The van der Waals surface area contributed by atoms with Crippen molar-refractivity contribution in [2.24, 2.45) is 0 Å². The van der Waals surface area contributed by atoms with E-state index in [1.807, 2.05) is 32.9 Å². The van der Waals surface area contributed by atoms with Crippen LogP contribution in [0.5, 0.6) is 0 Å². The third-order valence-corrected chi connectivity index (χ3v) is 3.63. The molecule has 0 unspecified atom stereocenters. The molecule has 1 aromatic carbocycles. The Balaban J connectivity index is 1.90. The van der Waals surface area contributed by atoms with Gasteiger partial charge in [-0.1, -0.05) is 11.8 Å². The molecule has 0 aliphatic carbocycles. The largest absolute Gasteiger partial charge is 0.444 e. The number of amides is 1. The molecule has 0 radical (unpaired) electrons. The number of hydrogen-bond donors (Lipinski definition) is 1. The second-order valence-corrected chi connectivity index (χ2v) is 6.78. The lowest BCUT2D eigenvalue weighted by Gasteiger charge is -2.36. The number of carbonyl (C=O) groups excluding carboxylic acids is 1. The third-order valence-electron chi connectivity index (χ3n) is 3.48. The van der Waals surface area contributed by atoms with E-state index in [4.69, 9.17) is 4.74 Å². The molecule has 0 bridgehead atoms. The Labute approximate surface area is 144 Å². The predicted molar refractivity (Wildman–Crippen MR) is 97.2 cm³/mol. The number of benzene rings is 1. The van der Waals surface area contributed by atoms with Crippen molar-refractivity contribution in [3.63, 3.8) is 0 Å². The Hall–Kier alpha value is -1.80. The number of piperazine rings is 1. The molecule has 5 heteroatoms. The van der Waals surface area contributed by atoms with Crippen LogP contribution in [0.4, 0.5) is 10.5 Å². The van der Waals surface area contributed by atoms with Crippen LogP contribution < -0.4 is 4.90 Å². The standard InChI is InChI=1S/C18H24N2O2S/c1-18(2,3)22-17(21)20-12-10-19(11-13-20)16-8-6-15(7-9-16)5-4-14-23/h6-9,23H,10-14H2,1-3H3. The molecule has 1 fully saturated rings. The van der Waals surface area contributed by atoms with Crippen LogP contribution in [-0.4, -0.2) is 48.5 Å². The third kappa shape index (κ3) is 5.40. The van der Waals surface area contributed by atoms with Crippen molar-refractivity contribution < 1.29 is 9.53 Å². The molecule has 2 rings (SSSR count). The molecular formula is C18H24N2O2S. The number of rotatable bonds is 1. The maximum atomic E-state index is 12.1. The van der Waals surface area contributed by atoms with Gasteiger partial charge in [-0.05, 0) is 45.0 Å². The highest BCUT2D eigenvalue weighted by molar-refractivity contribution is 7.80. The van der Waals surface area contributed by atoms with Crippen molar-refractivity contribution in [3.05, 3.63) is 29.8 Å². The topological polar surface area (TPSA) is 32.8 Å².